The van der Waals surface area contributed by atoms with Crippen molar-refractivity contribution < 1.29 is 9.59 Å². The molecule has 0 bridgehead atoms. The van der Waals surface area contributed by atoms with Crippen LogP contribution in [-0.4, -0.2) is 31.9 Å². The zero-order valence-electron chi connectivity index (χ0n) is 14.7. The number of fused-ring (bicyclic) bond motifs is 1. The lowest BCUT2D eigenvalue weighted by Crippen LogP contribution is -2.20. The normalized spacial score (nSPS) is 10.6. The molecule has 27 heavy (non-hydrogen) atoms. The van der Waals surface area contributed by atoms with Gasteiger partial charge < -0.3 is 10.6 Å². The molecule has 138 valence electrons. The molecular formula is C18H17N5O3S. The van der Waals surface area contributed by atoms with Gasteiger partial charge in [0, 0.05) is 24.5 Å². The van der Waals surface area contributed by atoms with E-state index in [2.05, 4.69) is 20.6 Å². The van der Waals surface area contributed by atoms with Crippen LogP contribution in [-0.2, 0) is 9.59 Å². The maximum absolute atomic E-state index is 12.1. The Bertz CT molecular complexity index is 1060. The minimum absolute atomic E-state index is 0.0644. The third-order valence-corrected chi connectivity index (χ3v) is 4.35. The molecule has 0 aliphatic heterocycles. The summed E-state index contributed by atoms with van der Waals surface area (Å²) in [5, 5.41) is 5.64. The minimum atomic E-state index is -0.430. The first-order valence-electron chi connectivity index (χ1n) is 8.08. The van der Waals surface area contributed by atoms with E-state index in [0.29, 0.717) is 17.0 Å². The van der Waals surface area contributed by atoms with E-state index in [4.69, 9.17) is 0 Å². The van der Waals surface area contributed by atoms with Crippen LogP contribution in [0.25, 0.3) is 5.65 Å². The van der Waals surface area contributed by atoms with Crippen molar-refractivity contribution in [3.05, 3.63) is 58.6 Å². The molecule has 0 aliphatic rings. The number of carbonyl (C=O) groups is 2. The van der Waals surface area contributed by atoms with Crippen LogP contribution in [0.1, 0.15) is 12.5 Å². The highest BCUT2D eigenvalue weighted by Crippen LogP contribution is 2.16. The van der Waals surface area contributed by atoms with Gasteiger partial charge in [-0.1, -0.05) is 17.8 Å². The van der Waals surface area contributed by atoms with Gasteiger partial charge in [0.25, 0.3) is 0 Å². The number of rotatable bonds is 5. The van der Waals surface area contributed by atoms with Gasteiger partial charge in [0.1, 0.15) is 5.65 Å². The van der Waals surface area contributed by atoms with Gasteiger partial charge >= 0.3 is 5.69 Å². The SMILES string of the molecule is CC(=O)Nc1ccc(NC(=O)CSc2nc(=O)n3cc(C)ccc3n2)cc1. The van der Waals surface area contributed by atoms with E-state index in [1.165, 1.54) is 11.3 Å². The number of anilines is 2. The van der Waals surface area contributed by atoms with E-state index in [1.54, 1.807) is 36.5 Å². The highest BCUT2D eigenvalue weighted by atomic mass is 32.2. The van der Waals surface area contributed by atoms with Crippen molar-refractivity contribution in [1.82, 2.24) is 14.4 Å². The molecule has 0 spiro atoms. The molecule has 0 fully saturated rings. The zero-order valence-corrected chi connectivity index (χ0v) is 15.5. The Labute approximate surface area is 159 Å². The summed E-state index contributed by atoms with van der Waals surface area (Å²) in [6.07, 6.45) is 1.67. The lowest BCUT2D eigenvalue weighted by Gasteiger charge is -2.07. The van der Waals surface area contributed by atoms with E-state index in [-0.39, 0.29) is 22.7 Å². The Morgan fingerprint density at radius 3 is 2.37 bits per heavy atom. The standard InChI is InChI=1S/C18H17N5O3S/c1-11-3-8-15-21-17(22-18(26)23(15)9-11)27-10-16(25)20-14-6-4-13(5-7-14)19-12(2)24/h3-9H,10H2,1-2H3,(H,19,24)(H,20,25). The Hall–Kier alpha value is -3.20. The third-order valence-electron chi connectivity index (χ3n) is 3.50. The van der Waals surface area contributed by atoms with Crippen LogP contribution in [0, 0.1) is 6.92 Å². The van der Waals surface area contributed by atoms with Gasteiger partial charge in [-0.3, -0.25) is 14.0 Å². The van der Waals surface area contributed by atoms with E-state index in [9.17, 15) is 14.4 Å². The van der Waals surface area contributed by atoms with Crippen molar-refractivity contribution in [1.29, 1.82) is 0 Å². The molecule has 2 N–H and O–H groups in total. The maximum atomic E-state index is 12.1. The summed E-state index contributed by atoms with van der Waals surface area (Å²) in [4.78, 5) is 43.4. The number of aromatic nitrogens is 3. The average Bonchev–Trinajstić information content (AvgIpc) is 2.62. The predicted octanol–water partition coefficient (Wildman–Crippen LogP) is 2.09. The lowest BCUT2D eigenvalue weighted by molar-refractivity contribution is -0.114. The molecule has 2 aromatic heterocycles. The molecule has 2 amide bonds. The average molecular weight is 383 g/mol. The molecule has 0 unspecified atom stereocenters. The van der Waals surface area contributed by atoms with Crippen LogP contribution in [0.3, 0.4) is 0 Å². The van der Waals surface area contributed by atoms with E-state index < -0.39 is 5.69 Å². The molecule has 0 atom stereocenters. The van der Waals surface area contributed by atoms with Crippen molar-refractivity contribution in [2.45, 2.75) is 19.0 Å². The molecule has 0 aliphatic carbocycles. The topological polar surface area (TPSA) is 105 Å². The van der Waals surface area contributed by atoms with E-state index in [0.717, 1.165) is 17.3 Å². The summed E-state index contributed by atoms with van der Waals surface area (Å²) in [6, 6.07) is 10.4. The molecule has 3 rings (SSSR count). The molecule has 8 nitrogen and oxygen atoms in total. The number of benzene rings is 1. The fourth-order valence-electron chi connectivity index (χ4n) is 2.33. The first kappa shape index (κ1) is 18.6. The summed E-state index contributed by atoms with van der Waals surface area (Å²) < 4.78 is 1.37. The zero-order chi connectivity index (χ0) is 19.4. The highest BCUT2D eigenvalue weighted by Gasteiger charge is 2.09. The van der Waals surface area contributed by atoms with Gasteiger partial charge in [-0.15, -0.1) is 0 Å². The molecule has 9 heteroatoms. The highest BCUT2D eigenvalue weighted by molar-refractivity contribution is 7.99. The van der Waals surface area contributed by atoms with Crippen LogP contribution < -0.4 is 16.3 Å². The van der Waals surface area contributed by atoms with E-state index in [1.807, 2.05) is 13.0 Å². The molecule has 2 heterocycles. The monoisotopic (exact) mass is 383 g/mol. The number of nitrogens with zero attached hydrogens (tertiary/aromatic N) is 3. The molecular weight excluding hydrogens is 366 g/mol. The Balaban J connectivity index is 1.62. The maximum Gasteiger partial charge on any atom is 0.355 e. The fourth-order valence-corrected chi connectivity index (χ4v) is 2.97. The Morgan fingerprint density at radius 1 is 1.04 bits per heavy atom. The molecule has 3 aromatic rings. The minimum Gasteiger partial charge on any atom is -0.326 e. The second-order valence-corrected chi connectivity index (χ2v) is 6.76. The first-order chi connectivity index (χ1) is 12.9. The fraction of sp³-hybridized carbons (Fsp3) is 0.167. The second kappa shape index (κ2) is 8.00. The van der Waals surface area contributed by atoms with Crippen LogP contribution in [0.5, 0.6) is 0 Å². The van der Waals surface area contributed by atoms with Crippen molar-refractivity contribution in [3.63, 3.8) is 0 Å². The molecule has 1 aromatic carbocycles. The van der Waals surface area contributed by atoms with Crippen molar-refractivity contribution in [3.8, 4) is 0 Å². The second-order valence-electron chi connectivity index (χ2n) is 5.82. The quantitative estimate of drug-likeness (QED) is 0.654. The Kier molecular flexibility index (Phi) is 5.51. The third kappa shape index (κ3) is 4.91. The lowest BCUT2D eigenvalue weighted by atomic mass is 10.3. The van der Waals surface area contributed by atoms with Gasteiger partial charge in [0.15, 0.2) is 5.16 Å². The number of carbonyl (C=O) groups excluding carboxylic acids is 2. The van der Waals surface area contributed by atoms with Gasteiger partial charge in [-0.25, -0.2) is 9.78 Å². The van der Waals surface area contributed by atoms with Gasteiger partial charge in [0.2, 0.25) is 11.8 Å². The number of amides is 2. The smallest absolute Gasteiger partial charge is 0.326 e. The summed E-state index contributed by atoms with van der Waals surface area (Å²) in [6.45, 7) is 3.30. The van der Waals surface area contributed by atoms with Gasteiger partial charge in [-0.2, -0.15) is 4.98 Å². The largest absolute Gasteiger partial charge is 0.355 e. The van der Waals surface area contributed by atoms with Crippen molar-refractivity contribution in [2.75, 3.05) is 16.4 Å². The number of hydrogen-bond acceptors (Lipinski definition) is 6. The molecule has 0 saturated heterocycles. The summed E-state index contributed by atoms with van der Waals surface area (Å²) in [5.74, 6) is -0.348. The van der Waals surface area contributed by atoms with Crippen LogP contribution in [0.15, 0.2) is 52.5 Å². The number of hydrogen-bond donors (Lipinski definition) is 2. The van der Waals surface area contributed by atoms with E-state index >= 15 is 0 Å². The van der Waals surface area contributed by atoms with Gasteiger partial charge in [0.05, 0.1) is 5.75 Å². The molecule has 0 radical (unpaired) electrons. The predicted molar refractivity (Wildman–Crippen MR) is 104 cm³/mol. The van der Waals surface area contributed by atoms with Crippen LogP contribution in [0.2, 0.25) is 0 Å². The van der Waals surface area contributed by atoms with Crippen molar-refractivity contribution >= 4 is 40.6 Å². The van der Waals surface area contributed by atoms with Crippen LogP contribution in [0.4, 0.5) is 11.4 Å². The molecule has 0 saturated carbocycles. The summed E-state index contributed by atoms with van der Waals surface area (Å²) in [7, 11) is 0. The number of thioether (sulfide) groups is 1. The Morgan fingerprint density at radius 2 is 1.70 bits per heavy atom. The van der Waals surface area contributed by atoms with Crippen LogP contribution >= 0.6 is 11.8 Å². The number of pyridine rings is 1. The summed E-state index contributed by atoms with van der Waals surface area (Å²) in [5.41, 5.74) is 2.23. The summed E-state index contributed by atoms with van der Waals surface area (Å²) >= 11 is 1.09. The van der Waals surface area contributed by atoms with Gasteiger partial charge in [-0.05, 0) is 42.8 Å². The first-order valence-corrected chi connectivity index (χ1v) is 9.06. The number of aryl methyl sites for hydroxylation is 1. The number of nitrogens with one attached hydrogen (secondary N) is 2. The van der Waals surface area contributed by atoms with Crippen molar-refractivity contribution in [2.24, 2.45) is 0 Å².